The quantitative estimate of drug-likeness (QED) is 0.841. The minimum atomic E-state index is -0.612. The van der Waals surface area contributed by atoms with E-state index in [0.29, 0.717) is 25.1 Å². The molecular weight excluding hydrogens is 249 g/mol. The SMILES string of the molecule is CN(C)C(=O)c1cc(NC(=O)CCCN)ccc1F. The number of anilines is 1. The third kappa shape index (κ3) is 4.33. The molecule has 0 aliphatic heterocycles. The van der Waals surface area contributed by atoms with Crippen LogP contribution in [0, 0.1) is 5.82 Å². The Hall–Kier alpha value is -1.95. The van der Waals surface area contributed by atoms with E-state index >= 15 is 0 Å². The molecular formula is C13H18FN3O2. The number of carbonyl (C=O) groups excluding carboxylic acids is 2. The number of hydrogen-bond acceptors (Lipinski definition) is 3. The summed E-state index contributed by atoms with van der Waals surface area (Å²) < 4.78 is 13.5. The number of hydrogen-bond donors (Lipinski definition) is 2. The number of halogens is 1. The van der Waals surface area contributed by atoms with Gasteiger partial charge in [-0.3, -0.25) is 9.59 Å². The number of nitrogens with two attached hydrogens (primary N) is 1. The lowest BCUT2D eigenvalue weighted by Crippen LogP contribution is -2.23. The number of carbonyl (C=O) groups is 2. The number of nitrogens with one attached hydrogen (secondary N) is 1. The van der Waals surface area contributed by atoms with Gasteiger partial charge >= 0.3 is 0 Å². The highest BCUT2D eigenvalue weighted by molar-refractivity contribution is 5.97. The number of benzene rings is 1. The van der Waals surface area contributed by atoms with Crippen LogP contribution in [0.4, 0.5) is 10.1 Å². The Balaban J connectivity index is 2.84. The van der Waals surface area contributed by atoms with Crippen molar-refractivity contribution < 1.29 is 14.0 Å². The molecule has 0 aromatic heterocycles. The molecule has 0 radical (unpaired) electrons. The zero-order chi connectivity index (χ0) is 14.4. The van der Waals surface area contributed by atoms with Crippen LogP contribution in [0.3, 0.4) is 0 Å². The van der Waals surface area contributed by atoms with E-state index in [9.17, 15) is 14.0 Å². The zero-order valence-electron chi connectivity index (χ0n) is 11.1. The van der Waals surface area contributed by atoms with Gasteiger partial charge in [0.05, 0.1) is 5.56 Å². The fourth-order valence-corrected chi connectivity index (χ4v) is 1.49. The van der Waals surface area contributed by atoms with Gasteiger partial charge in [-0.15, -0.1) is 0 Å². The summed E-state index contributed by atoms with van der Waals surface area (Å²) in [7, 11) is 3.07. The van der Waals surface area contributed by atoms with Crippen molar-refractivity contribution >= 4 is 17.5 Å². The fourth-order valence-electron chi connectivity index (χ4n) is 1.49. The first-order valence-corrected chi connectivity index (χ1v) is 5.97. The van der Waals surface area contributed by atoms with Crippen LogP contribution < -0.4 is 11.1 Å². The summed E-state index contributed by atoms with van der Waals surface area (Å²) >= 11 is 0. The van der Waals surface area contributed by atoms with Crippen LogP contribution in [0.2, 0.25) is 0 Å². The summed E-state index contributed by atoms with van der Waals surface area (Å²) in [5.74, 6) is -1.27. The normalized spacial score (nSPS) is 10.1. The Bertz CT molecular complexity index is 475. The van der Waals surface area contributed by atoms with E-state index in [1.807, 2.05) is 0 Å². The minimum Gasteiger partial charge on any atom is -0.345 e. The maximum atomic E-state index is 13.5. The van der Waals surface area contributed by atoms with Crippen LogP contribution in [0.1, 0.15) is 23.2 Å². The van der Waals surface area contributed by atoms with Crippen molar-refractivity contribution in [3.8, 4) is 0 Å². The van der Waals surface area contributed by atoms with E-state index in [1.165, 1.54) is 31.1 Å². The monoisotopic (exact) mass is 267 g/mol. The molecule has 0 unspecified atom stereocenters. The molecule has 6 heteroatoms. The first kappa shape index (κ1) is 15.1. The van der Waals surface area contributed by atoms with Crippen LogP contribution in [0.25, 0.3) is 0 Å². The highest BCUT2D eigenvalue weighted by atomic mass is 19.1. The van der Waals surface area contributed by atoms with Crippen LogP contribution in [0.15, 0.2) is 18.2 Å². The van der Waals surface area contributed by atoms with E-state index in [4.69, 9.17) is 5.73 Å². The number of amides is 2. The van der Waals surface area contributed by atoms with Crippen molar-refractivity contribution in [3.05, 3.63) is 29.6 Å². The average molecular weight is 267 g/mol. The first-order valence-electron chi connectivity index (χ1n) is 5.97. The van der Waals surface area contributed by atoms with Crippen LogP contribution in [-0.2, 0) is 4.79 Å². The Morgan fingerprint density at radius 3 is 2.63 bits per heavy atom. The van der Waals surface area contributed by atoms with Crippen molar-refractivity contribution in [2.45, 2.75) is 12.8 Å². The molecule has 19 heavy (non-hydrogen) atoms. The number of rotatable bonds is 5. The topological polar surface area (TPSA) is 75.4 Å². The molecule has 0 heterocycles. The van der Waals surface area contributed by atoms with Crippen molar-refractivity contribution in [3.63, 3.8) is 0 Å². The molecule has 0 saturated heterocycles. The van der Waals surface area contributed by atoms with Crippen LogP contribution >= 0.6 is 0 Å². The van der Waals surface area contributed by atoms with Gasteiger partial charge in [0.2, 0.25) is 5.91 Å². The van der Waals surface area contributed by atoms with Gasteiger partial charge in [-0.2, -0.15) is 0 Å². The molecule has 104 valence electrons. The maximum Gasteiger partial charge on any atom is 0.256 e. The molecule has 0 saturated carbocycles. The minimum absolute atomic E-state index is 0.0679. The van der Waals surface area contributed by atoms with E-state index in [0.717, 1.165) is 6.07 Å². The lowest BCUT2D eigenvalue weighted by Gasteiger charge is -2.12. The van der Waals surface area contributed by atoms with Crippen molar-refractivity contribution in [2.24, 2.45) is 5.73 Å². The van der Waals surface area contributed by atoms with E-state index in [-0.39, 0.29) is 11.5 Å². The van der Waals surface area contributed by atoms with Crippen LogP contribution in [-0.4, -0.2) is 37.4 Å². The molecule has 0 atom stereocenters. The molecule has 1 aromatic rings. The summed E-state index contributed by atoms with van der Waals surface area (Å²) in [5.41, 5.74) is 5.64. The second-order valence-electron chi connectivity index (χ2n) is 4.33. The molecule has 0 spiro atoms. The van der Waals surface area contributed by atoms with Gasteiger partial charge in [-0.1, -0.05) is 0 Å². The van der Waals surface area contributed by atoms with Crippen molar-refractivity contribution in [1.82, 2.24) is 4.90 Å². The molecule has 1 aromatic carbocycles. The Kier molecular flexibility index (Phi) is 5.44. The Labute approximate surface area is 111 Å². The van der Waals surface area contributed by atoms with Gasteiger partial charge in [-0.25, -0.2) is 4.39 Å². The van der Waals surface area contributed by atoms with Gasteiger partial charge in [0.15, 0.2) is 0 Å². The summed E-state index contributed by atoms with van der Waals surface area (Å²) in [4.78, 5) is 24.5. The zero-order valence-corrected chi connectivity index (χ0v) is 11.1. The highest BCUT2D eigenvalue weighted by Crippen LogP contribution is 2.16. The molecule has 0 aliphatic rings. The molecule has 0 bridgehead atoms. The van der Waals surface area contributed by atoms with Gasteiger partial charge in [0.1, 0.15) is 5.82 Å². The van der Waals surface area contributed by atoms with Gasteiger partial charge in [0.25, 0.3) is 5.91 Å². The third-order valence-corrected chi connectivity index (χ3v) is 2.49. The Morgan fingerprint density at radius 2 is 2.05 bits per heavy atom. The fraction of sp³-hybridized carbons (Fsp3) is 0.385. The molecule has 0 fully saturated rings. The van der Waals surface area contributed by atoms with Crippen LogP contribution in [0.5, 0.6) is 0 Å². The third-order valence-electron chi connectivity index (χ3n) is 2.49. The van der Waals surface area contributed by atoms with Gasteiger partial charge in [0, 0.05) is 26.2 Å². The Morgan fingerprint density at radius 1 is 1.37 bits per heavy atom. The second kappa shape index (κ2) is 6.84. The predicted molar refractivity (Wildman–Crippen MR) is 71.3 cm³/mol. The lowest BCUT2D eigenvalue weighted by atomic mass is 10.1. The summed E-state index contributed by atoms with van der Waals surface area (Å²) in [5, 5.41) is 2.61. The van der Waals surface area contributed by atoms with Crippen molar-refractivity contribution in [1.29, 1.82) is 0 Å². The molecule has 1 rings (SSSR count). The first-order chi connectivity index (χ1) is 8.95. The smallest absolute Gasteiger partial charge is 0.256 e. The molecule has 2 amide bonds. The van der Waals surface area contributed by atoms with E-state index in [2.05, 4.69) is 5.32 Å². The largest absolute Gasteiger partial charge is 0.345 e. The van der Waals surface area contributed by atoms with E-state index in [1.54, 1.807) is 0 Å². The highest BCUT2D eigenvalue weighted by Gasteiger charge is 2.14. The predicted octanol–water partition coefficient (Wildman–Crippen LogP) is 1.20. The lowest BCUT2D eigenvalue weighted by molar-refractivity contribution is -0.116. The second-order valence-corrected chi connectivity index (χ2v) is 4.33. The average Bonchev–Trinajstić information content (AvgIpc) is 2.37. The van der Waals surface area contributed by atoms with Crippen molar-refractivity contribution in [2.75, 3.05) is 26.0 Å². The summed E-state index contributed by atoms with van der Waals surface area (Å²) in [6.45, 7) is 0.432. The molecule has 5 nitrogen and oxygen atoms in total. The molecule has 0 aliphatic carbocycles. The maximum absolute atomic E-state index is 13.5. The number of nitrogens with zero attached hydrogens (tertiary/aromatic N) is 1. The van der Waals surface area contributed by atoms with Gasteiger partial charge < -0.3 is 16.0 Å². The molecule has 3 N–H and O–H groups in total. The summed E-state index contributed by atoms with van der Waals surface area (Å²) in [6, 6.07) is 3.91. The van der Waals surface area contributed by atoms with Gasteiger partial charge in [-0.05, 0) is 31.2 Å². The standard InChI is InChI=1S/C13H18FN3O2/c1-17(2)13(19)10-8-9(5-6-11(10)14)16-12(18)4-3-7-15/h5-6,8H,3-4,7,15H2,1-2H3,(H,16,18). The van der Waals surface area contributed by atoms with E-state index < -0.39 is 11.7 Å². The summed E-state index contributed by atoms with van der Waals surface area (Å²) in [6.07, 6.45) is 0.876.